The van der Waals surface area contributed by atoms with Gasteiger partial charge in [0.15, 0.2) is 0 Å². The van der Waals surface area contributed by atoms with Crippen LogP contribution in [0.2, 0.25) is 0 Å². The number of urea groups is 1. The Morgan fingerprint density at radius 2 is 2.24 bits per heavy atom. The molecule has 0 aliphatic carbocycles. The lowest BCUT2D eigenvalue weighted by Crippen LogP contribution is -2.40. The monoisotopic (exact) mass is 304 g/mol. The van der Waals surface area contributed by atoms with Crippen molar-refractivity contribution in [3.63, 3.8) is 0 Å². The molecule has 2 amide bonds. The third kappa shape index (κ3) is 3.50. The summed E-state index contributed by atoms with van der Waals surface area (Å²) in [5.74, 6) is 2.28. The Kier molecular flexibility index (Phi) is 5.12. The van der Waals surface area contributed by atoms with Gasteiger partial charge in [-0.05, 0) is 11.6 Å². The first-order valence-corrected chi connectivity index (χ1v) is 7.69. The second-order valence-electron chi connectivity index (χ2n) is 4.55. The zero-order valence-electron chi connectivity index (χ0n) is 11.4. The first-order valence-electron chi connectivity index (χ1n) is 6.53. The lowest BCUT2D eigenvalue weighted by molar-refractivity contribution is -0.138. The highest BCUT2D eigenvalue weighted by Crippen LogP contribution is 2.36. The number of terminal acetylenes is 1. The summed E-state index contributed by atoms with van der Waals surface area (Å²) in [4.78, 5) is 25.0. The molecule has 2 N–H and O–H groups in total. The number of nitrogens with one attached hydrogen (secondary N) is 1. The third-order valence-corrected chi connectivity index (χ3v) is 4.08. The molecule has 0 spiro atoms. The predicted molar refractivity (Wildman–Crippen MR) is 83.7 cm³/mol. The highest BCUT2D eigenvalue weighted by molar-refractivity contribution is 7.99. The summed E-state index contributed by atoms with van der Waals surface area (Å²) < 4.78 is 0. The summed E-state index contributed by atoms with van der Waals surface area (Å²) in [6, 6.07) is 6.83. The van der Waals surface area contributed by atoms with Crippen molar-refractivity contribution in [3.8, 4) is 12.3 Å². The van der Waals surface area contributed by atoms with Gasteiger partial charge in [-0.2, -0.15) is 0 Å². The van der Waals surface area contributed by atoms with Crippen molar-refractivity contribution in [3.05, 3.63) is 29.8 Å². The van der Waals surface area contributed by atoms with Gasteiger partial charge in [0.05, 0.1) is 5.75 Å². The smallest absolute Gasteiger partial charge is 0.321 e. The van der Waals surface area contributed by atoms with Crippen LogP contribution in [-0.4, -0.2) is 41.7 Å². The molecular formula is C15H16N2O3S. The molecular weight excluding hydrogens is 288 g/mol. The van der Waals surface area contributed by atoms with E-state index in [-0.39, 0.29) is 12.6 Å². The summed E-state index contributed by atoms with van der Waals surface area (Å²) in [5.41, 5.74) is 1.35. The average molecular weight is 304 g/mol. The van der Waals surface area contributed by atoms with Crippen molar-refractivity contribution in [2.24, 2.45) is 0 Å². The van der Waals surface area contributed by atoms with E-state index in [4.69, 9.17) is 6.42 Å². The lowest BCUT2D eigenvalue weighted by atomic mass is 10.0. The van der Waals surface area contributed by atoms with Crippen molar-refractivity contribution in [2.75, 3.05) is 29.5 Å². The molecule has 2 rings (SSSR count). The Hall–Kier alpha value is -2.13. The van der Waals surface area contributed by atoms with E-state index in [0.29, 0.717) is 23.5 Å². The fraction of sp³-hybridized carbons (Fsp3) is 0.333. The van der Waals surface area contributed by atoms with Crippen LogP contribution < -0.4 is 10.2 Å². The van der Waals surface area contributed by atoms with Crippen LogP contribution in [0.15, 0.2) is 24.3 Å². The molecule has 110 valence electrons. The van der Waals surface area contributed by atoms with Gasteiger partial charge in [-0.1, -0.05) is 24.1 Å². The van der Waals surface area contributed by atoms with E-state index in [1.165, 1.54) is 4.90 Å². The number of rotatable bonds is 5. The van der Waals surface area contributed by atoms with Gasteiger partial charge in [0.2, 0.25) is 0 Å². The van der Waals surface area contributed by atoms with Crippen molar-refractivity contribution in [1.82, 2.24) is 5.32 Å². The zero-order valence-corrected chi connectivity index (χ0v) is 12.2. The Morgan fingerprint density at radius 1 is 1.48 bits per heavy atom. The molecule has 0 saturated carbocycles. The van der Waals surface area contributed by atoms with Gasteiger partial charge in [0.1, 0.15) is 5.92 Å². The highest BCUT2D eigenvalue weighted by atomic mass is 32.2. The number of nitrogens with zero attached hydrogens (tertiary/aromatic N) is 1. The number of para-hydroxylation sites is 1. The Balaban J connectivity index is 1.99. The maximum atomic E-state index is 12.2. The maximum Gasteiger partial charge on any atom is 0.321 e. The van der Waals surface area contributed by atoms with Crippen molar-refractivity contribution in [1.29, 1.82) is 0 Å². The molecule has 1 aromatic rings. The van der Waals surface area contributed by atoms with Crippen LogP contribution >= 0.6 is 11.8 Å². The van der Waals surface area contributed by atoms with Crippen molar-refractivity contribution < 1.29 is 14.7 Å². The van der Waals surface area contributed by atoms with Gasteiger partial charge in [0, 0.05) is 24.5 Å². The van der Waals surface area contributed by atoms with Gasteiger partial charge in [-0.3, -0.25) is 9.69 Å². The van der Waals surface area contributed by atoms with E-state index in [1.54, 1.807) is 36.0 Å². The van der Waals surface area contributed by atoms with Crippen LogP contribution in [0.3, 0.4) is 0 Å². The maximum absolute atomic E-state index is 12.2. The minimum absolute atomic E-state index is 0.165. The zero-order chi connectivity index (χ0) is 15.2. The molecule has 1 aliphatic rings. The topological polar surface area (TPSA) is 69.6 Å². The third-order valence-electron chi connectivity index (χ3n) is 3.22. The fourth-order valence-corrected chi connectivity index (χ4v) is 2.78. The Morgan fingerprint density at radius 3 is 2.95 bits per heavy atom. The first-order chi connectivity index (χ1) is 10.1. The normalized spacial score (nSPS) is 16.1. The van der Waals surface area contributed by atoms with E-state index in [0.717, 1.165) is 5.75 Å². The van der Waals surface area contributed by atoms with E-state index in [1.807, 2.05) is 0 Å². The number of thioether (sulfide) groups is 1. The Labute approximate surface area is 127 Å². The number of hydrogen-bond acceptors (Lipinski definition) is 3. The number of carbonyl (C=O) groups excluding carboxylic acids is 1. The molecule has 1 aromatic carbocycles. The van der Waals surface area contributed by atoms with Gasteiger partial charge < -0.3 is 10.4 Å². The van der Waals surface area contributed by atoms with Crippen molar-refractivity contribution in [2.45, 2.75) is 5.92 Å². The van der Waals surface area contributed by atoms with Gasteiger partial charge in [0.25, 0.3) is 0 Å². The molecule has 0 fully saturated rings. The molecule has 21 heavy (non-hydrogen) atoms. The van der Waals surface area contributed by atoms with Crippen LogP contribution in [0.5, 0.6) is 0 Å². The second-order valence-corrected chi connectivity index (χ2v) is 5.65. The number of anilines is 1. The van der Waals surface area contributed by atoms with E-state index >= 15 is 0 Å². The summed E-state index contributed by atoms with van der Waals surface area (Å²) in [7, 11) is 0. The number of carboxylic acid groups (broad SMARTS) is 1. The minimum Gasteiger partial charge on any atom is -0.481 e. The Bertz CT molecular complexity index is 583. The second kappa shape index (κ2) is 7.04. The minimum atomic E-state index is -0.915. The molecule has 1 unspecified atom stereocenters. The summed E-state index contributed by atoms with van der Waals surface area (Å²) in [6.07, 6.45) is 5.14. The molecule has 1 aliphatic heterocycles. The molecule has 0 aromatic heterocycles. The van der Waals surface area contributed by atoms with Gasteiger partial charge >= 0.3 is 12.0 Å². The van der Waals surface area contributed by atoms with Gasteiger partial charge in [-0.15, -0.1) is 18.2 Å². The molecule has 5 nitrogen and oxygen atoms in total. The molecule has 1 heterocycles. The molecule has 0 bridgehead atoms. The summed E-state index contributed by atoms with van der Waals surface area (Å²) in [6.45, 7) is 0.666. The van der Waals surface area contributed by atoms with Crippen LogP contribution in [-0.2, 0) is 4.79 Å². The van der Waals surface area contributed by atoms with Crippen LogP contribution in [0.25, 0.3) is 0 Å². The van der Waals surface area contributed by atoms with Crippen LogP contribution in [0.1, 0.15) is 11.5 Å². The van der Waals surface area contributed by atoms with E-state index in [9.17, 15) is 14.7 Å². The summed E-state index contributed by atoms with van der Waals surface area (Å²) in [5, 5.41) is 12.0. The average Bonchev–Trinajstić information content (AvgIpc) is 2.87. The highest BCUT2D eigenvalue weighted by Gasteiger charge is 2.36. The molecule has 0 radical (unpaired) electrons. The number of amides is 2. The summed E-state index contributed by atoms with van der Waals surface area (Å²) >= 11 is 1.57. The lowest BCUT2D eigenvalue weighted by Gasteiger charge is -2.18. The number of carboxylic acids is 1. The standard InChI is InChI=1S/C15H16N2O3S/c1-2-8-21-9-7-16-15(20)17-10-12(14(18)19)11-5-3-4-6-13(11)17/h1,3-6,12H,7-10H2,(H,16,20)(H,18,19). The molecule has 6 heteroatoms. The van der Waals surface area contributed by atoms with E-state index in [2.05, 4.69) is 11.2 Å². The first kappa shape index (κ1) is 15.3. The SMILES string of the molecule is C#CCSCCNC(=O)N1CC(C(=O)O)c2ccccc21. The number of carbonyl (C=O) groups is 2. The predicted octanol–water partition coefficient (Wildman–Crippen LogP) is 1.75. The number of benzene rings is 1. The molecule has 0 saturated heterocycles. The van der Waals surface area contributed by atoms with Crippen LogP contribution in [0.4, 0.5) is 10.5 Å². The number of hydrogen-bond donors (Lipinski definition) is 2. The quantitative estimate of drug-likeness (QED) is 0.642. The van der Waals surface area contributed by atoms with Crippen molar-refractivity contribution >= 4 is 29.4 Å². The van der Waals surface area contributed by atoms with Crippen LogP contribution in [0, 0.1) is 12.3 Å². The number of aliphatic carboxylic acids is 1. The number of fused-ring (bicyclic) bond motifs is 1. The largest absolute Gasteiger partial charge is 0.481 e. The fourth-order valence-electron chi connectivity index (χ4n) is 2.27. The van der Waals surface area contributed by atoms with Gasteiger partial charge in [-0.25, -0.2) is 4.79 Å². The van der Waals surface area contributed by atoms with E-state index < -0.39 is 11.9 Å². The molecule has 1 atom stereocenters.